The molecule has 0 amide bonds. The molecule has 114 valence electrons. The van der Waals surface area contributed by atoms with E-state index < -0.39 is 5.54 Å². The van der Waals surface area contributed by atoms with E-state index in [1.165, 1.54) is 0 Å². The summed E-state index contributed by atoms with van der Waals surface area (Å²) in [6, 6.07) is 7.87. The first kappa shape index (κ1) is 13.5. The molecule has 3 heterocycles. The van der Waals surface area contributed by atoms with Crippen molar-refractivity contribution >= 4 is 27.9 Å². The molecule has 0 aliphatic carbocycles. The second-order valence-electron chi connectivity index (χ2n) is 5.98. The normalized spacial score (nSPS) is 18.2. The summed E-state index contributed by atoms with van der Waals surface area (Å²) in [5.74, 6) is 0.807. The van der Waals surface area contributed by atoms with Gasteiger partial charge in [-0.25, -0.2) is 9.97 Å². The van der Waals surface area contributed by atoms with Crippen LogP contribution in [0.4, 0.5) is 5.82 Å². The van der Waals surface area contributed by atoms with Gasteiger partial charge in [0, 0.05) is 24.0 Å². The van der Waals surface area contributed by atoms with E-state index in [1.807, 2.05) is 24.3 Å². The lowest BCUT2D eigenvalue weighted by Crippen LogP contribution is -2.53. The lowest BCUT2D eigenvalue weighted by Gasteiger charge is -2.38. The van der Waals surface area contributed by atoms with Crippen LogP contribution in [0.3, 0.4) is 0 Å². The Morgan fingerprint density at radius 1 is 1.23 bits per heavy atom. The average Bonchev–Trinajstić information content (AvgIpc) is 2.94. The van der Waals surface area contributed by atoms with Crippen LogP contribution in [0.5, 0.6) is 0 Å². The van der Waals surface area contributed by atoms with Crippen LogP contribution in [0.2, 0.25) is 0 Å². The van der Waals surface area contributed by atoms with E-state index in [-0.39, 0.29) is 6.61 Å². The largest absolute Gasteiger partial charge is 0.450 e. The molecule has 0 unspecified atom stereocenters. The number of nitrogens with two attached hydrogens (primary N) is 1. The van der Waals surface area contributed by atoms with E-state index >= 15 is 0 Å². The molecular weight excluding hydrogens is 280 g/mol. The van der Waals surface area contributed by atoms with Gasteiger partial charge in [-0.15, -0.1) is 0 Å². The molecule has 0 atom stereocenters. The lowest BCUT2D eigenvalue weighted by atomic mass is 9.89. The summed E-state index contributed by atoms with van der Waals surface area (Å²) in [5.41, 5.74) is 8.04. The summed E-state index contributed by atoms with van der Waals surface area (Å²) in [7, 11) is 0. The highest BCUT2D eigenvalue weighted by Crippen LogP contribution is 2.33. The maximum absolute atomic E-state index is 9.39. The SMILES string of the molecule is NC1(CO)CCN(c2ncnc3c2oc2ccccc23)CC1. The first-order valence-corrected chi connectivity index (χ1v) is 7.47. The van der Waals surface area contributed by atoms with E-state index in [0.29, 0.717) is 0 Å². The number of hydrogen-bond donors (Lipinski definition) is 2. The van der Waals surface area contributed by atoms with Crippen molar-refractivity contribution in [1.29, 1.82) is 0 Å². The highest BCUT2D eigenvalue weighted by molar-refractivity contribution is 6.05. The molecule has 1 aliphatic rings. The van der Waals surface area contributed by atoms with Crippen molar-refractivity contribution in [3.05, 3.63) is 30.6 Å². The molecular formula is C16H18N4O2. The van der Waals surface area contributed by atoms with Gasteiger partial charge in [0.25, 0.3) is 0 Å². The summed E-state index contributed by atoms with van der Waals surface area (Å²) in [6.45, 7) is 1.52. The summed E-state index contributed by atoms with van der Waals surface area (Å²) >= 11 is 0. The number of piperidine rings is 1. The van der Waals surface area contributed by atoms with Crippen molar-refractivity contribution in [3.8, 4) is 0 Å². The van der Waals surface area contributed by atoms with Gasteiger partial charge < -0.3 is 20.2 Å². The Labute approximate surface area is 127 Å². The summed E-state index contributed by atoms with van der Waals surface area (Å²) in [5, 5.41) is 10.4. The maximum Gasteiger partial charge on any atom is 0.196 e. The van der Waals surface area contributed by atoms with E-state index in [4.69, 9.17) is 10.2 Å². The number of hydrogen-bond acceptors (Lipinski definition) is 6. The first-order chi connectivity index (χ1) is 10.7. The van der Waals surface area contributed by atoms with Crippen LogP contribution in [-0.2, 0) is 0 Å². The van der Waals surface area contributed by atoms with Crippen molar-refractivity contribution in [3.63, 3.8) is 0 Å². The van der Waals surface area contributed by atoms with Gasteiger partial charge in [0.05, 0.1) is 6.61 Å². The number of anilines is 1. The molecule has 3 N–H and O–H groups in total. The van der Waals surface area contributed by atoms with Gasteiger partial charge in [0.2, 0.25) is 0 Å². The molecule has 1 fully saturated rings. The quantitative estimate of drug-likeness (QED) is 0.748. The number of para-hydroxylation sites is 1. The number of fused-ring (bicyclic) bond motifs is 3. The molecule has 1 saturated heterocycles. The van der Waals surface area contributed by atoms with Crippen molar-refractivity contribution in [2.45, 2.75) is 18.4 Å². The fourth-order valence-electron chi connectivity index (χ4n) is 3.06. The smallest absolute Gasteiger partial charge is 0.196 e. The third-order valence-electron chi connectivity index (χ3n) is 4.51. The van der Waals surface area contributed by atoms with Crippen molar-refractivity contribution in [1.82, 2.24) is 9.97 Å². The van der Waals surface area contributed by atoms with Gasteiger partial charge >= 0.3 is 0 Å². The summed E-state index contributed by atoms with van der Waals surface area (Å²) in [6.07, 6.45) is 3.04. The molecule has 1 aromatic carbocycles. The minimum Gasteiger partial charge on any atom is -0.450 e. The molecule has 1 aliphatic heterocycles. The Balaban J connectivity index is 1.76. The van der Waals surface area contributed by atoms with E-state index in [2.05, 4.69) is 14.9 Å². The van der Waals surface area contributed by atoms with Crippen molar-refractivity contribution in [2.24, 2.45) is 5.73 Å². The average molecular weight is 298 g/mol. The Morgan fingerprint density at radius 2 is 2.00 bits per heavy atom. The Hall–Kier alpha value is -2.18. The number of aliphatic hydroxyl groups is 1. The topological polar surface area (TPSA) is 88.4 Å². The van der Waals surface area contributed by atoms with Crippen molar-refractivity contribution in [2.75, 3.05) is 24.6 Å². The maximum atomic E-state index is 9.39. The Morgan fingerprint density at radius 3 is 2.77 bits per heavy atom. The number of rotatable bonds is 2. The Bertz CT molecular complexity index is 821. The van der Waals surface area contributed by atoms with E-state index in [0.717, 1.165) is 53.8 Å². The zero-order valence-corrected chi connectivity index (χ0v) is 12.2. The van der Waals surface area contributed by atoms with Crippen molar-refractivity contribution < 1.29 is 9.52 Å². The van der Waals surface area contributed by atoms with Crippen LogP contribution >= 0.6 is 0 Å². The molecule has 4 rings (SSSR count). The highest BCUT2D eigenvalue weighted by atomic mass is 16.3. The molecule has 0 spiro atoms. The molecule has 0 bridgehead atoms. The second kappa shape index (κ2) is 4.93. The van der Waals surface area contributed by atoms with Crippen LogP contribution < -0.4 is 10.6 Å². The molecule has 6 heteroatoms. The molecule has 2 aromatic heterocycles. The summed E-state index contributed by atoms with van der Waals surface area (Å²) < 4.78 is 5.97. The molecule has 0 saturated carbocycles. The highest BCUT2D eigenvalue weighted by Gasteiger charge is 2.31. The molecule has 22 heavy (non-hydrogen) atoms. The van der Waals surface area contributed by atoms with Crippen LogP contribution in [0.1, 0.15) is 12.8 Å². The fraction of sp³-hybridized carbons (Fsp3) is 0.375. The third kappa shape index (κ3) is 2.03. The predicted octanol–water partition coefficient (Wildman–Crippen LogP) is 1.67. The van der Waals surface area contributed by atoms with Gasteiger partial charge in [0.1, 0.15) is 17.4 Å². The fourth-order valence-corrected chi connectivity index (χ4v) is 3.06. The minimum atomic E-state index is -0.476. The number of nitrogens with zero attached hydrogens (tertiary/aromatic N) is 3. The second-order valence-corrected chi connectivity index (χ2v) is 5.98. The van der Waals surface area contributed by atoms with Gasteiger partial charge in [-0.05, 0) is 25.0 Å². The predicted molar refractivity (Wildman–Crippen MR) is 84.8 cm³/mol. The lowest BCUT2D eigenvalue weighted by molar-refractivity contribution is 0.170. The number of benzene rings is 1. The molecule has 6 nitrogen and oxygen atoms in total. The Kier molecular flexibility index (Phi) is 3.02. The van der Waals surface area contributed by atoms with Crippen LogP contribution in [0.25, 0.3) is 22.1 Å². The van der Waals surface area contributed by atoms with Crippen LogP contribution in [0, 0.1) is 0 Å². The van der Waals surface area contributed by atoms with Crippen LogP contribution in [0.15, 0.2) is 35.0 Å². The van der Waals surface area contributed by atoms with Gasteiger partial charge in [-0.3, -0.25) is 0 Å². The zero-order valence-electron chi connectivity index (χ0n) is 12.2. The number of aliphatic hydroxyl groups excluding tert-OH is 1. The molecule has 3 aromatic rings. The number of aromatic nitrogens is 2. The third-order valence-corrected chi connectivity index (χ3v) is 4.51. The van der Waals surface area contributed by atoms with Gasteiger partial charge in [0.15, 0.2) is 11.4 Å². The van der Waals surface area contributed by atoms with E-state index in [9.17, 15) is 5.11 Å². The first-order valence-electron chi connectivity index (χ1n) is 7.47. The van der Waals surface area contributed by atoms with Gasteiger partial charge in [-0.1, -0.05) is 12.1 Å². The zero-order chi connectivity index (χ0) is 15.2. The van der Waals surface area contributed by atoms with E-state index in [1.54, 1.807) is 6.33 Å². The standard InChI is InChI=1S/C16H18N4O2/c17-16(9-21)5-7-20(8-6-16)15-14-13(18-10-19-15)11-3-1-2-4-12(11)22-14/h1-4,10,21H,5-9,17H2. The minimum absolute atomic E-state index is 0.0185. The monoisotopic (exact) mass is 298 g/mol. The van der Waals surface area contributed by atoms with Crippen LogP contribution in [-0.4, -0.2) is 40.3 Å². The summed E-state index contributed by atoms with van der Waals surface area (Å²) in [4.78, 5) is 11.0. The number of furan rings is 1. The van der Waals surface area contributed by atoms with Gasteiger partial charge in [-0.2, -0.15) is 0 Å². The molecule has 0 radical (unpaired) electrons.